The third kappa shape index (κ3) is 7.19. The first-order valence-corrected chi connectivity index (χ1v) is 13.1. The van der Waals surface area contributed by atoms with Crippen LogP contribution in [0.1, 0.15) is 55.1 Å². The molecule has 1 aromatic heterocycles. The van der Waals surface area contributed by atoms with Gasteiger partial charge in [0.2, 0.25) is 0 Å². The Morgan fingerprint density at radius 1 is 0.975 bits per heavy atom. The molecule has 1 amide bonds. The predicted molar refractivity (Wildman–Crippen MR) is 145 cm³/mol. The van der Waals surface area contributed by atoms with Crippen molar-refractivity contribution >= 4 is 22.8 Å². The first-order valence-electron chi connectivity index (χ1n) is 13.1. The molecule has 7 nitrogen and oxygen atoms in total. The molecular formula is C30H30F3N3O4. The molecule has 0 fully saturated rings. The summed E-state index contributed by atoms with van der Waals surface area (Å²) in [5.41, 5.74) is 4.02. The number of benzene rings is 3. The van der Waals surface area contributed by atoms with Gasteiger partial charge in [-0.05, 0) is 60.4 Å². The number of amides is 1. The lowest BCUT2D eigenvalue weighted by molar-refractivity contribution is -0.274. The molecule has 1 unspecified atom stereocenters. The second-order valence-corrected chi connectivity index (χ2v) is 9.17. The number of ether oxygens (including phenoxy) is 2. The number of hydrogen-bond acceptors (Lipinski definition) is 5. The van der Waals surface area contributed by atoms with E-state index in [4.69, 9.17) is 4.74 Å². The highest BCUT2D eigenvalue weighted by atomic mass is 19.4. The van der Waals surface area contributed by atoms with E-state index in [2.05, 4.69) is 22.1 Å². The van der Waals surface area contributed by atoms with Crippen LogP contribution in [0.4, 0.5) is 13.2 Å². The molecule has 0 saturated heterocycles. The van der Waals surface area contributed by atoms with Gasteiger partial charge in [-0.1, -0.05) is 49.7 Å². The molecule has 0 saturated carbocycles. The highest BCUT2D eigenvalue weighted by Crippen LogP contribution is 2.31. The van der Waals surface area contributed by atoms with Crippen LogP contribution in [-0.4, -0.2) is 41.2 Å². The van der Waals surface area contributed by atoms with Crippen molar-refractivity contribution in [1.82, 2.24) is 15.1 Å². The Balaban J connectivity index is 1.50. The Morgan fingerprint density at radius 2 is 1.65 bits per heavy atom. The van der Waals surface area contributed by atoms with Gasteiger partial charge in [-0.25, -0.2) is 0 Å². The first kappa shape index (κ1) is 28.7. The van der Waals surface area contributed by atoms with E-state index in [1.54, 1.807) is 37.4 Å². The average Bonchev–Trinajstić information content (AvgIpc) is 3.34. The highest BCUT2D eigenvalue weighted by molar-refractivity contribution is 5.98. The van der Waals surface area contributed by atoms with E-state index >= 15 is 0 Å². The van der Waals surface area contributed by atoms with Crippen LogP contribution in [0, 0.1) is 0 Å². The number of rotatable bonds is 11. The summed E-state index contributed by atoms with van der Waals surface area (Å²) in [5, 5.41) is 8.19. The van der Waals surface area contributed by atoms with E-state index in [0.29, 0.717) is 12.2 Å². The summed E-state index contributed by atoms with van der Waals surface area (Å²) < 4.78 is 48.1. The monoisotopic (exact) mass is 553 g/mol. The molecule has 1 N–H and O–H groups in total. The summed E-state index contributed by atoms with van der Waals surface area (Å²) >= 11 is 0. The molecule has 1 atom stereocenters. The zero-order chi connectivity index (χ0) is 28.7. The van der Waals surface area contributed by atoms with Gasteiger partial charge in [0.1, 0.15) is 5.75 Å². The summed E-state index contributed by atoms with van der Waals surface area (Å²) in [6.07, 6.45) is -1.15. The third-order valence-electron chi connectivity index (χ3n) is 6.35. The molecule has 3 aromatic carbocycles. The van der Waals surface area contributed by atoms with E-state index < -0.39 is 6.36 Å². The van der Waals surface area contributed by atoms with Crippen LogP contribution in [0.15, 0.2) is 72.9 Å². The Labute approximate surface area is 229 Å². The van der Waals surface area contributed by atoms with Gasteiger partial charge < -0.3 is 14.8 Å². The van der Waals surface area contributed by atoms with Crippen LogP contribution in [0.5, 0.6) is 5.75 Å². The molecule has 0 aliphatic carbocycles. The van der Waals surface area contributed by atoms with Gasteiger partial charge >= 0.3 is 12.3 Å². The second-order valence-electron chi connectivity index (χ2n) is 9.17. The Morgan fingerprint density at radius 3 is 2.27 bits per heavy atom. The number of halogens is 3. The lowest BCUT2D eigenvalue weighted by Gasteiger charge is -2.19. The van der Waals surface area contributed by atoms with Crippen molar-refractivity contribution in [3.05, 3.63) is 84.1 Å². The van der Waals surface area contributed by atoms with Gasteiger partial charge in [0, 0.05) is 17.5 Å². The topological polar surface area (TPSA) is 82.5 Å². The van der Waals surface area contributed by atoms with Crippen molar-refractivity contribution in [2.45, 2.75) is 45.5 Å². The minimum Gasteiger partial charge on any atom is -0.466 e. The van der Waals surface area contributed by atoms with Crippen molar-refractivity contribution in [2.75, 3.05) is 13.2 Å². The van der Waals surface area contributed by atoms with Gasteiger partial charge in [-0.3, -0.25) is 14.3 Å². The number of esters is 1. The van der Waals surface area contributed by atoms with Gasteiger partial charge in [-0.2, -0.15) is 5.10 Å². The molecule has 0 bridgehead atoms. The van der Waals surface area contributed by atoms with Crippen LogP contribution >= 0.6 is 0 Å². The standard InChI is InChI=1S/C30H30F3N3O4/c1-3-5-26(22-8-6-20(7-9-22)21-10-13-25(14-11-21)40-30(31,32)33)36-27-15-12-23(18-24(27)19-35-36)29(38)34-17-16-28(37)39-4-2/h6-15,18-19,26H,3-5,16-17H2,1-2H3,(H,34,38). The molecule has 4 aromatic rings. The first-order chi connectivity index (χ1) is 19.2. The summed E-state index contributed by atoms with van der Waals surface area (Å²) in [6.45, 7) is 4.31. The number of nitrogens with zero attached hydrogens (tertiary/aromatic N) is 2. The van der Waals surface area contributed by atoms with Gasteiger partial charge in [-0.15, -0.1) is 13.2 Å². The quantitative estimate of drug-likeness (QED) is 0.210. The summed E-state index contributed by atoms with van der Waals surface area (Å²) in [6, 6.07) is 18.9. The van der Waals surface area contributed by atoms with E-state index in [1.165, 1.54) is 12.1 Å². The predicted octanol–water partition coefficient (Wildman–Crippen LogP) is 6.67. The normalized spacial score (nSPS) is 12.2. The van der Waals surface area contributed by atoms with E-state index in [0.717, 1.165) is 40.4 Å². The minimum absolute atomic E-state index is 0.0524. The zero-order valence-corrected chi connectivity index (χ0v) is 22.2. The maximum absolute atomic E-state index is 12.6. The largest absolute Gasteiger partial charge is 0.573 e. The van der Waals surface area contributed by atoms with Crippen molar-refractivity contribution in [3.63, 3.8) is 0 Å². The number of nitrogens with one attached hydrogen (secondary N) is 1. The number of fused-ring (bicyclic) bond motifs is 1. The minimum atomic E-state index is -4.73. The van der Waals surface area contributed by atoms with E-state index in [-0.39, 0.29) is 36.6 Å². The summed E-state index contributed by atoms with van der Waals surface area (Å²) in [5.74, 6) is -0.903. The SMILES string of the molecule is CCCC(c1ccc(-c2ccc(OC(F)(F)F)cc2)cc1)n1ncc2cc(C(=O)NCCC(=O)OCC)ccc21. The number of alkyl halides is 3. The smallest absolute Gasteiger partial charge is 0.466 e. The third-order valence-corrected chi connectivity index (χ3v) is 6.35. The van der Waals surface area contributed by atoms with Gasteiger partial charge in [0.25, 0.3) is 5.91 Å². The fraction of sp³-hybridized carbons (Fsp3) is 0.300. The maximum Gasteiger partial charge on any atom is 0.573 e. The molecule has 0 aliphatic heterocycles. The van der Waals surface area contributed by atoms with Gasteiger partial charge in [0.05, 0.1) is 30.8 Å². The summed E-state index contributed by atoms with van der Waals surface area (Å²) in [7, 11) is 0. The lowest BCUT2D eigenvalue weighted by Crippen LogP contribution is -2.26. The highest BCUT2D eigenvalue weighted by Gasteiger charge is 2.31. The van der Waals surface area contributed by atoms with Crippen molar-refractivity contribution < 1.29 is 32.2 Å². The Hall–Kier alpha value is -4.34. The van der Waals surface area contributed by atoms with Crippen molar-refractivity contribution in [1.29, 1.82) is 0 Å². The lowest BCUT2D eigenvalue weighted by atomic mass is 9.98. The second kappa shape index (κ2) is 12.7. The molecule has 0 radical (unpaired) electrons. The van der Waals surface area contributed by atoms with Crippen molar-refractivity contribution in [2.24, 2.45) is 0 Å². The summed E-state index contributed by atoms with van der Waals surface area (Å²) in [4.78, 5) is 24.1. The molecule has 210 valence electrons. The van der Waals surface area contributed by atoms with Crippen LogP contribution in [0.2, 0.25) is 0 Å². The molecule has 40 heavy (non-hydrogen) atoms. The zero-order valence-electron chi connectivity index (χ0n) is 22.2. The molecule has 10 heteroatoms. The van der Waals surface area contributed by atoms with Crippen LogP contribution in [0.25, 0.3) is 22.0 Å². The number of carbonyl (C=O) groups is 2. The Kier molecular flexibility index (Phi) is 9.08. The number of carbonyl (C=O) groups excluding carboxylic acids is 2. The molecule has 0 aliphatic rings. The fourth-order valence-corrected chi connectivity index (χ4v) is 4.51. The van der Waals surface area contributed by atoms with E-state index in [9.17, 15) is 22.8 Å². The maximum atomic E-state index is 12.6. The van der Waals surface area contributed by atoms with Crippen LogP contribution < -0.4 is 10.1 Å². The average molecular weight is 554 g/mol. The van der Waals surface area contributed by atoms with Crippen molar-refractivity contribution in [3.8, 4) is 16.9 Å². The fourth-order valence-electron chi connectivity index (χ4n) is 4.51. The number of hydrogen-bond donors (Lipinski definition) is 1. The van der Waals surface area contributed by atoms with Crippen LogP contribution in [0.3, 0.4) is 0 Å². The number of aromatic nitrogens is 2. The van der Waals surface area contributed by atoms with Gasteiger partial charge in [0.15, 0.2) is 0 Å². The molecule has 0 spiro atoms. The van der Waals surface area contributed by atoms with Crippen LogP contribution in [-0.2, 0) is 9.53 Å². The molecule has 1 heterocycles. The molecule has 4 rings (SSSR count). The molecular weight excluding hydrogens is 523 g/mol. The Bertz CT molecular complexity index is 1450. The van der Waals surface area contributed by atoms with E-state index in [1.807, 2.05) is 35.0 Å².